The minimum absolute atomic E-state index is 0.594. The van der Waals surface area contributed by atoms with E-state index in [1.54, 1.807) is 0 Å². The molecule has 0 bridgehead atoms. The summed E-state index contributed by atoms with van der Waals surface area (Å²) in [6, 6.07) is 0. The molecule has 1 fully saturated rings. The maximum Gasteiger partial charge on any atom is 0.527 e. The Morgan fingerprint density at radius 2 is 2.09 bits per heavy atom. The topological polar surface area (TPSA) is 48.0 Å². The summed E-state index contributed by atoms with van der Waals surface area (Å²) in [6.45, 7) is 2.40. The maximum absolute atomic E-state index is 10.6. The van der Waals surface area contributed by atoms with Crippen LogP contribution < -0.4 is 0 Å². The second-order valence-corrected chi connectivity index (χ2v) is 2.09. The number of nitrogens with zero attached hydrogens (tertiary/aromatic N) is 1. The van der Waals surface area contributed by atoms with Crippen molar-refractivity contribution in [3.63, 3.8) is 0 Å². The molecule has 0 aromatic heterocycles. The molecule has 5 heteroatoms. The van der Waals surface area contributed by atoms with E-state index >= 15 is 0 Å². The lowest BCUT2D eigenvalue weighted by atomic mass is 10.5. The number of methoxy groups -OCH3 is 1. The zero-order chi connectivity index (χ0) is 8.10. The van der Waals surface area contributed by atoms with E-state index in [0.717, 1.165) is 0 Å². The van der Waals surface area contributed by atoms with Crippen LogP contribution in [0.3, 0.4) is 0 Å². The van der Waals surface area contributed by atoms with Crippen LogP contribution >= 0.6 is 0 Å². The quantitative estimate of drug-likeness (QED) is 0.507. The first kappa shape index (κ1) is 8.29. The third kappa shape index (κ3) is 2.73. The van der Waals surface area contributed by atoms with Gasteiger partial charge in [-0.3, -0.25) is 0 Å². The normalized spacial score (nSPS) is 19.4. The molecule has 0 aromatic rings. The summed E-state index contributed by atoms with van der Waals surface area (Å²) in [5.74, 6) is 0. The third-order valence-corrected chi connectivity index (χ3v) is 1.34. The Morgan fingerprint density at radius 3 is 2.64 bits per heavy atom. The number of ether oxygens (including phenoxy) is 2. The number of hydrogen-bond donors (Lipinski definition) is 0. The van der Waals surface area contributed by atoms with Crippen LogP contribution in [0.15, 0.2) is 0 Å². The molecule has 64 valence electrons. The molecular formula is C6H11NO4. The molecule has 0 unspecified atom stereocenters. The lowest BCUT2D eigenvalue weighted by Gasteiger charge is -2.23. The van der Waals surface area contributed by atoms with E-state index in [-0.39, 0.29) is 0 Å². The number of hydrogen-bond acceptors (Lipinski definition) is 5. The van der Waals surface area contributed by atoms with Gasteiger partial charge in [-0.1, -0.05) is 0 Å². The van der Waals surface area contributed by atoms with Crippen molar-refractivity contribution in [1.82, 2.24) is 5.06 Å². The number of hydroxylamine groups is 2. The molecule has 1 saturated heterocycles. The summed E-state index contributed by atoms with van der Waals surface area (Å²) >= 11 is 0. The van der Waals surface area contributed by atoms with Crippen molar-refractivity contribution >= 4 is 6.16 Å². The van der Waals surface area contributed by atoms with Crippen LogP contribution in [0.5, 0.6) is 0 Å². The summed E-state index contributed by atoms with van der Waals surface area (Å²) in [7, 11) is 1.28. The maximum atomic E-state index is 10.6. The Hall–Kier alpha value is -0.810. The van der Waals surface area contributed by atoms with Gasteiger partial charge in [0.05, 0.1) is 33.4 Å². The van der Waals surface area contributed by atoms with E-state index < -0.39 is 6.16 Å². The second-order valence-electron chi connectivity index (χ2n) is 2.09. The summed E-state index contributed by atoms with van der Waals surface area (Å²) in [4.78, 5) is 15.3. The minimum Gasteiger partial charge on any atom is -0.436 e. The lowest BCUT2D eigenvalue weighted by molar-refractivity contribution is -0.162. The molecule has 5 nitrogen and oxygen atoms in total. The molecule has 0 spiro atoms. The van der Waals surface area contributed by atoms with Crippen LogP contribution in [0.2, 0.25) is 0 Å². The van der Waals surface area contributed by atoms with Crippen LogP contribution in [0.1, 0.15) is 0 Å². The molecular weight excluding hydrogens is 150 g/mol. The van der Waals surface area contributed by atoms with Gasteiger partial charge < -0.3 is 14.3 Å². The third-order valence-electron chi connectivity index (χ3n) is 1.34. The Bertz CT molecular complexity index is 133. The van der Waals surface area contributed by atoms with E-state index in [9.17, 15) is 4.79 Å². The summed E-state index contributed by atoms with van der Waals surface area (Å²) in [5.41, 5.74) is 0. The van der Waals surface area contributed by atoms with E-state index in [1.807, 2.05) is 0 Å². The molecule has 0 atom stereocenters. The van der Waals surface area contributed by atoms with Crippen molar-refractivity contribution in [3.8, 4) is 0 Å². The highest BCUT2D eigenvalue weighted by Gasteiger charge is 2.14. The SMILES string of the molecule is COC(=O)ON1CCOCC1. The van der Waals surface area contributed by atoms with Gasteiger partial charge in [-0.15, -0.1) is 5.06 Å². The first-order chi connectivity index (χ1) is 5.33. The number of carbonyl (C=O) groups is 1. The predicted molar refractivity (Wildman–Crippen MR) is 35.9 cm³/mol. The van der Waals surface area contributed by atoms with E-state index in [4.69, 9.17) is 9.57 Å². The van der Waals surface area contributed by atoms with Crippen molar-refractivity contribution in [3.05, 3.63) is 0 Å². The largest absolute Gasteiger partial charge is 0.527 e. The molecule has 0 radical (unpaired) electrons. The van der Waals surface area contributed by atoms with Crippen molar-refractivity contribution in [2.45, 2.75) is 0 Å². The first-order valence-corrected chi connectivity index (χ1v) is 3.41. The van der Waals surface area contributed by atoms with Crippen molar-refractivity contribution in [1.29, 1.82) is 0 Å². The van der Waals surface area contributed by atoms with E-state index in [2.05, 4.69) is 4.74 Å². The van der Waals surface area contributed by atoms with Crippen LogP contribution in [0.4, 0.5) is 4.79 Å². The number of rotatable bonds is 1. The standard InChI is InChI=1S/C6H11NO4/c1-9-6(8)11-7-2-4-10-5-3-7/h2-5H2,1H3. The van der Waals surface area contributed by atoms with Gasteiger partial charge >= 0.3 is 6.16 Å². The minimum atomic E-state index is -0.674. The van der Waals surface area contributed by atoms with Gasteiger partial charge in [0.15, 0.2) is 0 Å². The van der Waals surface area contributed by atoms with Crippen LogP contribution in [0, 0.1) is 0 Å². The van der Waals surface area contributed by atoms with Crippen LogP contribution in [0.25, 0.3) is 0 Å². The summed E-state index contributed by atoms with van der Waals surface area (Å²) < 4.78 is 9.35. The lowest BCUT2D eigenvalue weighted by Crippen LogP contribution is -2.37. The Balaban J connectivity index is 2.19. The molecule has 11 heavy (non-hydrogen) atoms. The Morgan fingerprint density at radius 1 is 1.45 bits per heavy atom. The average molecular weight is 161 g/mol. The predicted octanol–water partition coefficient (Wildman–Crippen LogP) is 0.0166. The smallest absolute Gasteiger partial charge is 0.436 e. The van der Waals surface area contributed by atoms with Gasteiger partial charge in [0.25, 0.3) is 0 Å². The summed E-state index contributed by atoms with van der Waals surface area (Å²) in [5, 5.41) is 1.52. The van der Waals surface area contributed by atoms with Gasteiger partial charge in [-0.25, -0.2) is 4.79 Å². The van der Waals surface area contributed by atoms with Gasteiger partial charge in [0, 0.05) is 0 Å². The van der Waals surface area contributed by atoms with Gasteiger partial charge in [0.1, 0.15) is 0 Å². The number of carbonyl (C=O) groups excluding carboxylic acids is 1. The monoisotopic (exact) mass is 161 g/mol. The fraction of sp³-hybridized carbons (Fsp3) is 0.833. The van der Waals surface area contributed by atoms with Gasteiger partial charge in [-0.05, 0) is 0 Å². The zero-order valence-electron chi connectivity index (χ0n) is 6.41. The van der Waals surface area contributed by atoms with E-state index in [0.29, 0.717) is 26.3 Å². The Kier molecular flexibility index (Phi) is 3.13. The van der Waals surface area contributed by atoms with Crippen molar-refractivity contribution in [2.24, 2.45) is 0 Å². The van der Waals surface area contributed by atoms with Crippen LogP contribution in [-0.4, -0.2) is 44.6 Å². The van der Waals surface area contributed by atoms with Gasteiger partial charge in [0.2, 0.25) is 0 Å². The Labute approximate surface area is 64.8 Å². The second kappa shape index (κ2) is 4.15. The highest BCUT2D eigenvalue weighted by molar-refractivity contribution is 5.59. The van der Waals surface area contributed by atoms with E-state index in [1.165, 1.54) is 12.2 Å². The average Bonchev–Trinajstić information content (AvgIpc) is 2.06. The first-order valence-electron chi connectivity index (χ1n) is 3.41. The molecule has 1 aliphatic heterocycles. The molecule has 1 aliphatic rings. The molecule has 0 saturated carbocycles. The molecule has 1 heterocycles. The van der Waals surface area contributed by atoms with Crippen molar-refractivity contribution in [2.75, 3.05) is 33.4 Å². The molecule has 0 amide bonds. The van der Waals surface area contributed by atoms with Crippen molar-refractivity contribution < 1.29 is 19.1 Å². The molecule has 0 aliphatic carbocycles. The number of morpholine rings is 1. The summed E-state index contributed by atoms with van der Waals surface area (Å²) in [6.07, 6.45) is -0.674. The highest BCUT2D eigenvalue weighted by Crippen LogP contribution is 1.98. The molecule has 0 aromatic carbocycles. The molecule has 1 rings (SSSR count). The fourth-order valence-electron chi connectivity index (χ4n) is 0.781. The van der Waals surface area contributed by atoms with Gasteiger partial charge in [-0.2, -0.15) is 0 Å². The zero-order valence-corrected chi connectivity index (χ0v) is 6.41. The molecule has 0 N–H and O–H groups in total. The fourth-order valence-corrected chi connectivity index (χ4v) is 0.781. The van der Waals surface area contributed by atoms with Crippen LogP contribution in [-0.2, 0) is 14.3 Å². The highest BCUT2D eigenvalue weighted by atomic mass is 16.8.